The van der Waals surface area contributed by atoms with Gasteiger partial charge in [0.1, 0.15) is 17.8 Å². The fourth-order valence-corrected chi connectivity index (χ4v) is 2.89. The van der Waals surface area contributed by atoms with Crippen molar-refractivity contribution < 1.29 is 9.66 Å². The van der Waals surface area contributed by atoms with Gasteiger partial charge in [-0.1, -0.05) is 0 Å². The van der Waals surface area contributed by atoms with Gasteiger partial charge in [0.05, 0.1) is 17.5 Å². The molecule has 2 aromatic carbocycles. The van der Waals surface area contributed by atoms with Crippen LogP contribution in [0.15, 0.2) is 73.1 Å². The van der Waals surface area contributed by atoms with Crippen LogP contribution in [0.1, 0.15) is 0 Å². The van der Waals surface area contributed by atoms with Gasteiger partial charge in [-0.25, -0.2) is 4.98 Å². The highest BCUT2D eigenvalue weighted by Crippen LogP contribution is 2.26. The third kappa shape index (κ3) is 3.30. The summed E-state index contributed by atoms with van der Waals surface area (Å²) < 4.78 is 7.07. The Morgan fingerprint density at radius 3 is 2.48 bits per heavy atom. The topological polar surface area (TPSA) is 82.2 Å². The van der Waals surface area contributed by atoms with Crippen molar-refractivity contribution in [3.63, 3.8) is 0 Å². The van der Waals surface area contributed by atoms with Crippen LogP contribution in [0.2, 0.25) is 0 Å². The number of aromatic nitrogens is 2. The Balaban J connectivity index is 1.61. The molecule has 0 unspecified atom stereocenters. The minimum Gasteiger partial charge on any atom is -0.497 e. The normalized spacial score (nSPS) is 10.7. The van der Waals surface area contributed by atoms with Crippen LogP contribution in [0.3, 0.4) is 0 Å². The highest BCUT2D eigenvalue weighted by atomic mass is 16.6. The van der Waals surface area contributed by atoms with Crippen molar-refractivity contribution >= 4 is 28.0 Å². The Labute approximate surface area is 155 Å². The van der Waals surface area contributed by atoms with Gasteiger partial charge in [0.2, 0.25) is 0 Å². The third-order valence-electron chi connectivity index (χ3n) is 4.26. The average molecular weight is 360 g/mol. The first-order valence-corrected chi connectivity index (χ1v) is 8.27. The summed E-state index contributed by atoms with van der Waals surface area (Å²) in [4.78, 5) is 14.5. The van der Waals surface area contributed by atoms with Crippen LogP contribution in [0.25, 0.3) is 16.7 Å². The van der Waals surface area contributed by atoms with Crippen molar-refractivity contribution in [2.75, 3.05) is 12.4 Å². The molecule has 0 fully saturated rings. The van der Waals surface area contributed by atoms with Crippen LogP contribution in [0.4, 0.5) is 17.1 Å². The molecule has 7 heteroatoms. The summed E-state index contributed by atoms with van der Waals surface area (Å²) in [6, 6.07) is 18.8. The molecule has 0 aliphatic carbocycles. The first kappa shape index (κ1) is 16.6. The minimum absolute atomic E-state index is 0.0267. The molecule has 1 N–H and O–H groups in total. The molecule has 4 aromatic rings. The number of rotatable bonds is 5. The number of nitrogens with one attached hydrogen (secondary N) is 1. The SMILES string of the molecule is COc1ccc(Nc2ccc3c(ccn3-c3ccc([N+](=O)[O-])cn3)c2)cc1. The molecule has 7 nitrogen and oxygen atoms in total. The fourth-order valence-electron chi connectivity index (χ4n) is 2.89. The Morgan fingerprint density at radius 2 is 1.81 bits per heavy atom. The molecule has 0 aliphatic heterocycles. The van der Waals surface area contributed by atoms with E-state index in [-0.39, 0.29) is 5.69 Å². The number of hydrogen-bond donors (Lipinski definition) is 1. The maximum Gasteiger partial charge on any atom is 0.287 e. The zero-order valence-corrected chi connectivity index (χ0v) is 14.5. The molecule has 27 heavy (non-hydrogen) atoms. The largest absolute Gasteiger partial charge is 0.497 e. The molecular weight excluding hydrogens is 344 g/mol. The smallest absolute Gasteiger partial charge is 0.287 e. The summed E-state index contributed by atoms with van der Waals surface area (Å²) in [5.41, 5.74) is 2.87. The van der Waals surface area contributed by atoms with E-state index in [4.69, 9.17) is 4.74 Å². The number of ether oxygens (including phenoxy) is 1. The highest BCUT2D eigenvalue weighted by molar-refractivity contribution is 5.86. The van der Waals surface area contributed by atoms with Gasteiger partial charge in [0, 0.05) is 29.0 Å². The summed E-state index contributed by atoms with van der Waals surface area (Å²) in [6.45, 7) is 0. The number of nitrogens with zero attached hydrogens (tertiary/aromatic N) is 3. The number of hydrogen-bond acceptors (Lipinski definition) is 5. The van der Waals surface area contributed by atoms with Gasteiger partial charge in [-0.15, -0.1) is 0 Å². The summed E-state index contributed by atoms with van der Waals surface area (Å²) in [5, 5.41) is 15.2. The van der Waals surface area contributed by atoms with Crippen LogP contribution in [0.5, 0.6) is 5.75 Å². The maximum atomic E-state index is 10.8. The molecule has 134 valence electrons. The molecule has 0 atom stereocenters. The summed E-state index contributed by atoms with van der Waals surface area (Å²) in [5.74, 6) is 1.44. The average Bonchev–Trinajstić information content (AvgIpc) is 3.12. The lowest BCUT2D eigenvalue weighted by molar-refractivity contribution is -0.385. The van der Waals surface area contributed by atoms with E-state index < -0.39 is 4.92 Å². The maximum absolute atomic E-state index is 10.8. The second-order valence-corrected chi connectivity index (χ2v) is 5.94. The van der Waals surface area contributed by atoms with E-state index in [0.717, 1.165) is 28.0 Å². The second kappa shape index (κ2) is 6.80. The molecule has 0 amide bonds. The van der Waals surface area contributed by atoms with Crippen LogP contribution in [-0.4, -0.2) is 21.6 Å². The predicted octanol–water partition coefficient (Wildman–Crippen LogP) is 4.69. The standard InChI is InChI=1S/C20H16N4O3/c1-27-18-6-2-15(3-7-18)22-16-4-8-19-14(12-16)10-11-23(19)20-9-5-17(13-21-20)24(25)26/h2-13,22H,1H3. The molecule has 2 heterocycles. The lowest BCUT2D eigenvalue weighted by atomic mass is 10.2. The number of fused-ring (bicyclic) bond motifs is 1. The third-order valence-corrected chi connectivity index (χ3v) is 4.26. The van der Waals surface area contributed by atoms with Crippen molar-refractivity contribution in [2.24, 2.45) is 0 Å². The van der Waals surface area contributed by atoms with Gasteiger partial charge in [-0.05, 0) is 54.6 Å². The molecular formula is C20H16N4O3. The molecule has 0 bridgehead atoms. The van der Waals surface area contributed by atoms with E-state index in [0.29, 0.717) is 5.82 Å². The number of benzene rings is 2. The Kier molecular flexibility index (Phi) is 4.18. The van der Waals surface area contributed by atoms with E-state index in [2.05, 4.69) is 10.3 Å². The summed E-state index contributed by atoms with van der Waals surface area (Å²) in [7, 11) is 1.64. The second-order valence-electron chi connectivity index (χ2n) is 5.94. The number of pyridine rings is 1. The summed E-state index contributed by atoms with van der Waals surface area (Å²) >= 11 is 0. The minimum atomic E-state index is -0.457. The zero-order valence-electron chi connectivity index (χ0n) is 14.5. The van der Waals surface area contributed by atoms with Gasteiger partial charge in [-0.2, -0.15) is 0 Å². The van der Waals surface area contributed by atoms with Crippen LogP contribution >= 0.6 is 0 Å². The summed E-state index contributed by atoms with van der Waals surface area (Å²) in [6.07, 6.45) is 3.16. The van der Waals surface area contributed by atoms with Crippen molar-refractivity contribution in [3.05, 3.63) is 83.2 Å². The van der Waals surface area contributed by atoms with Crippen LogP contribution in [-0.2, 0) is 0 Å². The molecule has 0 radical (unpaired) electrons. The van der Waals surface area contributed by atoms with Gasteiger partial charge in [0.25, 0.3) is 5.69 Å². The van der Waals surface area contributed by atoms with Gasteiger partial charge < -0.3 is 14.6 Å². The molecule has 0 spiro atoms. The van der Waals surface area contributed by atoms with Crippen molar-refractivity contribution in [3.8, 4) is 11.6 Å². The fraction of sp³-hybridized carbons (Fsp3) is 0.0500. The van der Waals surface area contributed by atoms with Crippen LogP contribution in [0, 0.1) is 10.1 Å². The first-order valence-electron chi connectivity index (χ1n) is 8.27. The molecule has 0 aliphatic rings. The Hall–Kier alpha value is -3.87. The van der Waals surface area contributed by atoms with Crippen LogP contribution < -0.4 is 10.1 Å². The number of anilines is 2. The first-order chi connectivity index (χ1) is 13.1. The zero-order chi connectivity index (χ0) is 18.8. The molecule has 2 aromatic heterocycles. The van der Waals surface area contributed by atoms with Crippen molar-refractivity contribution in [1.29, 1.82) is 0 Å². The number of nitro groups is 1. The highest BCUT2D eigenvalue weighted by Gasteiger charge is 2.09. The molecule has 0 saturated heterocycles. The van der Waals surface area contributed by atoms with Crippen molar-refractivity contribution in [1.82, 2.24) is 9.55 Å². The van der Waals surface area contributed by atoms with E-state index in [1.807, 2.05) is 59.3 Å². The van der Waals surface area contributed by atoms with E-state index in [1.165, 1.54) is 12.3 Å². The van der Waals surface area contributed by atoms with Gasteiger partial charge in [-0.3, -0.25) is 10.1 Å². The van der Waals surface area contributed by atoms with Gasteiger partial charge in [0.15, 0.2) is 0 Å². The number of methoxy groups -OCH3 is 1. The Bertz CT molecular complexity index is 1100. The predicted molar refractivity (Wildman–Crippen MR) is 104 cm³/mol. The van der Waals surface area contributed by atoms with E-state index >= 15 is 0 Å². The van der Waals surface area contributed by atoms with E-state index in [9.17, 15) is 10.1 Å². The monoisotopic (exact) mass is 360 g/mol. The van der Waals surface area contributed by atoms with Crippen molar-refractivity contribution in [2.45, 2.75) is 0 Å². The quantitative estimate of drug-likeness (QED) is 0.412. The lowest BCUT2D eigenvalue weighted by Gasteiger charge is -2.09. The Morgan fingerprint density at radius 1 is 1.04 bits per heavy atom. The molecule has 0 saturated carbocycles. The van der Waals surface area contributed by atoms with Gasteiger partial charge >= 0.3 is 0 Å². The molecule has 4 rings (SSSR count). The lowest BCUT2D eigenvalue weighted by Crippen LogP contribution is -1.97. The van der Waals surface area contributed by atoms with E-state index in [1.54, 1.807) is 13.2 Å².